The maximum absolute atomic E-state index is 9.05. The fourth-order valence-corrected chi connectivity index (χ4v) is 2.23. The van der Waals surface area contributed by atoms with Crippen molar-refractivity contribution < 1.29 is 4.74 Å². The first-order valence-corrected chi connectivity index (χ1v) is 6.18. The zero-order valence-corrected chi connectivity index (χ0v) is 10.4. The van der Waals surface area contributed by atoms with E-state index in [2.05, 4.69) is 11.1 Å². The lowest BCUT2D eigenvalue weighted by atomic mass is 10.0. The van der Waals surface area contributed by atoms with Crippen molar-refractivity contribution in [3.05, 3.63) is 54.1 Å². The zero-order valence-electron chi connectivity index (χ0n) is 10.4. The Morgan fingerprint density at radius 3 is 3.16 bits per heavy atom. The number of imidazole rings is 1. The highest BCUT2D eigenvalue weighted by Crippen LogP contribution is 2.35. The van der Waals surface area contributed by atoms with E-state index in [0.717, 1.165) is 23.4 Å². The molecule has 4 nitrogen and oxygen atoms in total. The number of nitriles is 1. The van der Waals surface area contributed by atoms with Gasteiger partial charge in [0.15, 0.2) is 0 Å². The van der Waals surface area contributed by atoms with Gasteiger partial charge in [0.05, 0.1) is 24.9 Å². The molecule has 0 bridgehead atoms. The molecule has 0 saturated heterocycles. The average molecular weight is 251 g/mol. The van der Waals surface area contributed by atoms with Crippen molar-refractivity contribution in [3.8, 4) is 11.8 Å². The van der Waals surface area contributed by atoms with Gasteiger partial charge >= 0.3 is 0 Å². The normalized spacial score (nSPS) is 16.1. The Morgan fingerprint density at radius 2 is 2.37 bits per heavy atom. The summed E-state index contributed by atoms with van der Waals surface area (Å²) in [6.45, 7) is 1.34. The van der Waals surface area contributed by atoms with Gasteiger partial charge in [0, 0.05) is 18.0 Å². The summed E-state index contributed by atoms with van der Waals surface area (Å²) in [5.41, 5.74) is 2.06. The minimum absolute atomic E-state index is 0.146. The number of hydrogen-bond donors (Lipinski definition) is 0. The van der Waals surface area contributed by atoms with Crippen LogP contribution in [0.5, 0.6) is 5.75 Å². The maximum atomic E-state index is 9.05. The molecule has 1 aromatic carbocycles. The number of aromatic nitrogens is 2. The third kappa shape index (κ3) is 2.23. The highest BCUT2D eigenvalue weighted by molar-refractivity contribution is 5.69. The van der Waals surface area contributed by atoms with Crippen molar-refractivity contribution in [2.24, 2.45) is 0 Å². The van der Waals surface area contributed by atoms with Gasteiger partial charge in [-0.2, -0.15) is 5.26 Å². The molecule has 1 aliphatic carbocycles. The van der Waals surface area contributed by atoms with Crippen molar-refractivity contribution >= 4 is 6.08 Å². The standard InChI is InChI=1S/C15H13N3O/c16-10-12-4-5-14-13(12)2-1-3-15(14)19-9-8-18-7-6-17-11-18/h1-7,11-12H,8-9H2. The van der Waals surface area contributed by atoms with Gasteiger partial charge in [-0.25, -0.2) is 4.98 Å². The quantitative estimate of drug-likeness (QED) is 0.839. The van der Waals surface area contributed by atoms with Crippen LogP contribution in [0, 0.1) is 11.3 Å². The Bertz CT molecular complexity index is 638. The number of hydrogen-bond acceptors (Lipinski definition) is 3. The molecular formula is C15H13N3O. The minimum Gasteiger partial charge on any atom is -0.491 e. The van der Waals surface area contributed by atoms with Crippen molar-refractivity contribution in [1.82, 2.24) is 9.55 Å². The summed E-state index contributed by atoms with van der Waals surface area (Å²) in [5.74, 6) is 0.693. The molecule has 94 valence electrons. The molecule has 2 aromatic rings. The number of nitrogens with zero attached hydrogens (tertiary/aromatic N) is 3. The monoisotopic (exact) mass is 251 g/mol. The first-order chi connectivity index (χ1) is 9.38. The predicted octanol–water partition coefficient (Wildman–Crippen LogP) is 2.60. The first-order valence-electron chi connectivity index (χ1n) is 6.18. The van der Waals surface area contributed by atoms with Crippen LogP contribution < -0.4 is 4.74 Å². The second-order valence-electron chi connectivity index (χ2n) is 4.37. The highest BCUT2D eigenvalue weighted by Gasteiger charge is 2.19. The van der Waals surface area contributed by atoms with E-state index in [9.17, 15) is 0 Å². The molecule has 1 heterocycles. The van der Waals surface area contributed by atoms with Gasteiger partial charge in [0.2, 0.25) is 0 Å². The van der Waals surface area contributed by atoms with Crippen LogP contribution in [0.3, 0.4) is 0 Å². The molecule has 1 aromatic heterocycles. The molecule has 0 fully saturated rings. The van der Waals surface area contributed by atoms with Gasteiger partial charge in [-0.1, -0.05) is 24.3 Å². The summed E-state index contributed by atoms with van der Waals surface area (Å²) in [7, 11) is 0. The van der Waals surface area contributed by atoms with Gasteiger partial charge in [0.1, 0.15) is 12.4 Å². The molecule has 0 spiro atoms. The molecule has 19 heavy (non-hydrogen) atoms. The Kier molecular flexibility index (Phi) is 3.03. The lowest BCUT2D eigenvalue weighted by Crippen LogP contribution is -2.07. The van der Waals surface area contributed by atoms with Crippen molar-refractivity contribution in [2.45, 2.75) is 12.5 Å². The Labute approximate surface area is 111 Å². The van der Waals surface area contributed by atoms with Crippen LogP contribution in [0.2, 0.25) is 0 Å². The lowest BCUT2D eigenvalue weighted by molar-refractivity contribution is 0.297. The van der Waals surface area contributed by atoms with Crippen molar-refractivity contribution in [3.63, 3.8) is 0 Å². The SMILES string of the molecule is N#CC1C=Cc2c(OCCn3ccnc3)cccc21. The van der Waals surface area contributed by atoms with Crippen LogP contribution in [0.4, 0.5) is 0 Å². The van der Waals surface area contributed by atoms with E-state index in [0.29, 0.717) is 6.61 Å². The van der Waals surface area contributed by atoms with Gasteiger partial charge < -0.3 is 9.30 Å². The highest BCUT2D eigenvalue weighted by atomic mass is 16.5. The number of fused-ring (bicyclic) bond motifs is 1. The van der Waals surface area contributed by atoms with Gasteiger partial charge in [-0.05, 0) is 11.6 Å². The summed E-state index contributed by atoms with van der Waals surface area (Å²) in [4.78, 5) is 3.99. The second-order valence-corrected chi connectivity index (χ2v) is 4.37. The molecule has 0 aliphatic heterocycles. The van der Waals surface area contributed by atoms with Crippen LogP contribution >= 0.6 is 0 Å². The molecule has 1 atom stereocenters. The number of benzene rings is 1. The molecule has 4 heteroatoms. The van der Waals surface area contributed by atoms with E-state index in [-0.39, 0.29) is 5.92 Å². The average Bonchev–Trinajstić information content (AvgIpc) is 3.07. The third-order valence-corrected chi connectivity index (χ3v) is 3.20. The van der Waals surface area contributed by atoms with Crippen LogP contribution in [0.1, 0.15) is 17.0 Å². The molecule has 1 unspecified atom stereocenters. The number of ether oxygens (including phenoxy) is 1. The second kappa shape index (κ2) is 4.99. The predicted molar refractivity (Wildman–Crippen MR) is 71.6 cm³/mol. The van der Waals surface area contributed by atoms with Gasteiger partial charge in [-0.15, -0.1) is 0 Å². The summed E-state index contributed by atoms with van der Waals surface area (Å²) in [6, 6.07) is 8.12. The van der Waals surface area contributed by atoms with E-state index in [1.807, 2.05) is 41.1 Å². The largest absolute Gasteiger partial charge is 0.491 e. The van der Waals surface area contributed by atoms with Crippen molar-refractivity contribution in [2.75, 3.05) is 6.61 Å². The van der Waals surface area contributed by atoms with Gasteiger partial charge in [0.25, 0.3) is 0 Å². The molecule has 0 radical (unpaired) electrons. The molecule has 1 aliphatic rings. The van der Waals surface area contributed by atoms with E-state index >= 15 is 0 Å². The van der Waals surface area contributed by atoms with E-state index in [1.54, 1.807) is 12.5 Å². The zero-order chi connectivity index (χ0) is 13.1. The van der Waals surface area contributed by atoms with Gasteiger partial charge in [-0.3, -0.25) is 0 Å². The van der Waals surface area contributed by atoms with E-state index in [1.165, 1.54) is 0 Å². The van der Waals surface area contributed by atoms with Crippen molar-refractivity contribution in [1.29, 1.82) is 5.26 Å². The topological polar surface area (TPSA) is 50.8 Å². The summed E-state index contributed by atoms with van der Waals surface area (Å²) in [5, 5.41) is 9.05. The Balaban J connectivity index is 1.71. The first kappa shape index (κ1) is 11.5. The number of allylic oxidation sites excluding steroid dienone is 1. The van der Waals surface area contributed by atoms with E-state index in [4.69, 9.17) is 10.00 Å². The van der Waals surface area contributed by atoms with Crippen LogP contribution in [-0.4, -0.2) is 16.2 Å². The fourth-order valence-electron chi connectivity index (χ4n) is 2.23. The fraction of sp³-hybridized carbons (Fsp3) is 0.200. The Hall–Kier alpha value is -2.54. The van der Waals surface area contributed by atoms with E-state index < -0.39 is 0 Å². The summed E-state index contributed by atoms with van der Waals surface area (Å²) in [6.07, 6.45) is 9.30. The molecular weight excluding hydrogens is 238 g/mol. The molecule has 0 amide bonds. The maximum Gasteiger partial charge on any atom is 0.126 e. The number of rotatable bonds is 4. The molecule has 3 rings (SSSR count). The Morgan fingerprint density at radius 1 is 1.42 bits per heavy atom. The van der Waals surface area contributed by atoms with Crippen LogP contribution in [-0.2, 0) is 6.54 Å². The van der Waals surface area contributed by atoms with Crippen LogP contribution in [0.25, 0.3) is 6.08 Å². The lowest BCUT2D eigenvalue weighted by Gasteiger charge is -2.11. The summed E-state index contributed by atoms with van der Waals surface area (Å²) >= 11 is 0. The molecule has 0 saturated carbocycles. The summed E-state index contributed by atoms with van der Waals surface area (Å²) < 4.78 is 7.78. The molecule has 0 N–H and O–H groups in total. The van der Waals surface area contributed by atoms with Crippen LogP contribution in [0.15, 0.2) is 43.0 Å². The third-order valence-electron chi connectivity index (χ3n) is 3.20. The smallest absolute Gasteiger partial charge is 0.126 e. The minimum atomic E-state index is -0.146.